The molecule has 3 heterocycles. The van der Waals surface area contributed by atoms with Gasteiger partial charge in [-0.25, -0.2) is 9.97 Å². The van der Waals surface area contributed by atoms with E-state index in [4.69, 9.17) is 5.73 Å². The third-order valence-electron chi connectivity index (χ3n) is 6.62. The van der Waals surface area contributed by atoms with Gasteiger partial charge in [-0.1, -0.05) is 19.9 Å². The van der Waals surface area contributed by atoms with Crippen LogP contribution in [0.1, 0.15) is 45.8 Å². The van der Waals surface area contributed by atoms with E-state index in [2.05, 4.69) is 40.4 Å². The number of benzene rings is 2. The van der Waals surface area contributed by atoms with Crippen LogP contribution in [0.15, 0.2) is 61.8 Å². The molecule has 206 valence electrons. The molecule has 39 heavy (non-hydrogen) atoms. The van der Waals surface area contributed by atoms with Crippen molar-refractivity contribution < 1.29 is 9.59 Å². The summed E-state index contributed by atoms with van der Waals surface area (Å²) in [6.07, 6.45) is 2.19. The van der Waals surface area contributed by atoms with Crippen molar-refractivity contribution in [2.45, 2.75) is 27.2 Å². The van der Waals surface area contributed by atoms with Crippen LogP contribution < -0.4 is 16.0 Å². The maximum absolute atomic E-state index is 13.1. The quantitative estimate of drug-likeness (QED) is 0.378. The zero-order valence-electron chi connectivity index (χ0n) is 23.4. The van der Waals surface area contributed by atoms with Gasteiger partial charge in [-0.15, -0.1) is 13.2 Å². The number of nitrogen functional groups attached to an aromatic ring is 1. The molecule has 2 amide bonds. The predicted molar refractivity (Wildman–Crippen MR) is 159 cm³/mol. The van der Waals surface area contributed by atoms with Crippen LogP contribution >= 0.6 is 0 Å². The van der Waals surface area contributed by atoms with E-state index in [1.165, 1.54) is 0 Å². The Morgan fingerprint density at radius 1 is 1.00 bits per heavy atom. The smallest absolute Gasteiger partial charge is 0.261 e. The summed E-state index contributed by atoms with van der Waals surface area (Å²) in [5.74, 6) is 0.342. The molecule has 1 aromatic heterocycles. The van der Waals surface area contributed by atoms with Crippen LogP contribution in [0.3, 0.4) is 0 Å². The van der Waals surface area contributed by atoms with Crippen LogP contribution in [-0.2, 0) is 6.42 Å². The Morgan fingerprint density at radius 3 is 2.33 bits per heavy atom. The van der Waals surface area contributed by atoms with Crippen molar-refractivity contribution in [3.63, 3.8) is 0 Å². The summed E-state index contributed by atoms with van der Waals surface area (Å²) in [4.78, 5) is 40.7. The van der Waals surface area contributed by atoms with Gasteiger partial charge < -0.3 is 25.8 Å². The van der Waals surface area contributed by atoms with Crippen molar-refractivity contribution in [1.82, 2.24) is 19.8 Å². The number of nitrogens with zero attached hydrogens (tertiary/aromatic N) is 5. The van der Waals surface area contributed by atoms with E-state index < -0.39 is 0 Å². The summed E-state index contributed by atoms with van der Waals surface area (Å²) in [5, 5.41) is 3.18. The van der Waals surface area contributed by atoms with Gasteiger partial charge in [-0.3, -0.25) is 9.59 Å². The van der Waals surface area contributed by atoms with Gasteiger partial charge in [0.1, 0.15) is 0 Å². The molecule has 2 aromatic carbocycles. The van der Waals surface area contributed by atoms with E-state index in [1.807, 2.05) is 68.1 Å². The zero-order chi connectivity index (χ0) is 28.5. The molecule has 0 aliphatic carbocycles. The molecule has 5 rings (SSSR count). The van der Waals surface area contributed by atoms with E-state index >= 15 is 0 Å². The number of rotatable bonds is 4. The molecule has 3 aromatic rings. The highest BCUT2D eigenvalue weighted by molar-refractivity contribution is 6.08. The number of nitrogens with one attached hydrogen (secondary N) is 1. The minimum atomic E-state index is -0.127. The predicted octanol–water partition coefficient (Wildman–Crippen LogP) is 4.53. The Hall–Kier alpha value is -4.24. The van der Waals surface area contributed by atoms with Crippen LogP contribution in [0, 0.1) is 6.92 Å². The SMILES string of the molecule is C=C.CC.Cc1ccc(N)cc1N1CCc2nc(Nc3ccc(C(=O)N4CCN(C)CC4)cc3)ncc2C1=O. The molecule has 9 nitrogen and oxygen atoms in total. The number of nitrogens with two attached hydrogens (primary N) is 1. The number of anilines is 4. The van der Waals surface area contributed by atoms with Crippen LogP contribution in [0.5, 0.6) is 0 Å². The summed E-state index contributed by atoms with van der Waals surface area (Å²) in [5.41, 5.74) is 11.0. The maximum atomic E-state index is 13.1. The average Bonchev–Trinajstić information content (AvgIpc) is 2.97. The van der Waals surface area contributed by atoms with E-state index in [-0.39, 0.29) is 11.8 Å². The number of likely N-dealkylation sites (N-methyl/N-ethyl adjacent to an activating group) is 1. The Kier molecular flexibility index (Phi) is 10.2. The Balaban J connectivity index is 0.00000100. The fourth-order valence-electron chi connectivity index (χ4n) is 4.48. The van der Waals surface area contributed by atoms with Crippen LogP contribution in [0.2, 0.25) is 0 Å². The van der Waals surface area contributed by atoms with Gasteiger partial charge in [0.15, 0.2) is 0 Å². The van der Waals surface area contributed by atoms with Gasteiger partial charge in [0, 0.05) is 68.0 Å². The second-order valence-corrected chi connectivity index (χ2v) is 9.10. The number of aromatic nitrogens is 2. The number of hydrogen-bond donors (Lipinski definition) is 2. The molecule has 2 aliphatic heterocycles. The lowest BCUT2D eigenvalue weighted by Gasteiger charge is -2.32. The van der Waals surface area contributed by atoms with E-state index in [0.717, 1.165) is 43.1 Å². The topological polar surface area (TPSA) is 108 Å². The number of fused-ring (bicyclic) bond motifs is 1. The second-order valence-electron chi connectivity index (χ2n) is 9.10. The molecule has 1 fully saturated rings. The van der Waals surface area contributed by atoms with Gasteiger partial charge in [-0.2, -0.15) is 0 Å². The minimum absolute atomic E-state index is 0.0492. The lowest BCUT2D eigenvalue weighted by Crippen LogP contribution is -2.47. The van der Waals surface area contributed by atoms with Gasteiger partial charge in [0.25, 0.3) is 11.8 Å². The molecule has 0 atom stereocenters. The van der Waals surface area contributed by atoms with Crippen LogP contribution in [0.25, 0.3) is 0 Å². The summed E-state index contributed by atoms with van der Waals surface area (Å²) < 4.78 is 0. The molecule has 0 bridgehead atoms. The fourth-order valence-corrected chi connectivity index (χ4v) is 4.48. The Morgan fingerprint density at radius 2 is 1.67 bits per heavy atom. The molecule has 3 N–H and O–H groups in total. The largest absolute Gasteiger partial charge is 0.399 e. The first-order valence-corrected chi connectivity index (χ1v) is 13.3. The molecular formula is C30H39N7O2. The first-order valence-electron chi connectivity index (χ1n) is 13.3. The van der Waals surface area contributed by atoms with Gasteiger partial charge >= 0.3 is 0 Å². The van der Waals surface area contributed by atoms with E-state index in [0.29, 0.717) is 41.4 Å². The highest BCUT2D eigenvalue weighted by Gasteiger charge is 2.28. The maximum Gasteiger partial charge on any atom is 0.261 e. The number of piperazine rings is 1. The highest BCUT2D eigenvalue weighted by atomic mass is 16.2. The average molecular weight is 530 g/mol. The lowest BCUT2D eigenvalue weighted by molar-refractivity contribution is 0.0664. The number of amides is 2. The van der Waals surface area contributed by atoms with E-state index in [1.54, 1.807) is 11.1 Å². The first-order chi connectivity index (χ1) is 18.9. The molecule has 1 saturated heterocycles. The molecule has 9 heteroatoms. The van der Waals surface area contributed by atoms with Crippen molar-refractivity contribution in [2.24, 2.45) is 0 Å². The number of aryl methyl sites for hydroxylation is 1. The van der Waals surface area contributed by atoms with Gasteiger partial charge in [-0.05, 0) is 55.9 Å². The molecular weight excluding hydrogens is 490 g/mol. The summed E-state index contributed by atoms with van der Waals surface area (Å²) in [6, 6.07) is 12.9. The Labute approximate surface area is 231 Å². The lowest BCUT2D eigenvalue weighted by atomic mass is 10.0. The van der Waals surface area contributed by atoms with Crippen molar-refractivity contribution in [3.8, 4) is 0 Å². The molecule has 0 radical (unpaired) electrons. The van der Waals surface area contributed by atoms with Crippen LogP contribution in [-0.4, -0.2) is 71.4 Å². The van der Waals surface area contributed by atoms with Crippen molar-refractivity contribution in [3.05, 3.63) is 84.2 Å². The van der Waals surface area contributed by atoms with Crippen molar-refractivity contribution in [1.29, 1.82) is 0 Å². The molecule has 2 aliphatic rings. The van der Waals surface area contributed by atoms with Gasteiger partial charge in [0.2, 0.25) is 5.95 Å². The fraction of sp³-hybridized carbons (Fsp3) is 0.333. The van der Waals surface area contributed by atoms with Gasteiger partial charge in [0.05, 0.1) is 11.3 Å². The summed E-state index contributed by atoms with van der Waals surface area (Å²) >= 11 is 0. The van der Waals surface area contributed by atoms with E-state index in [9.17, 15) is 9.59 Å². The third kappa shape index (κ3) is 6.80. The van der Waals surface area contributed by atoms with Crippen LogP contribution in [0.4, 0.5) is 23.0 Å². The number of carbonyl (C=O) groups excluding carboxylic acids is 2. The monoisotopic (exact) mass is 529 g/mol. The van der Waals surface area contributed by atoms with Crippen molar-refractivity contribution in [2.75, 3.05) is 55.7 Å². The second kappa shape index (κ2) is 13.5. The summed E-state index contributed by atoms with van der Waals surface area (Å²) in [7, 11) is 2.07. The summed E-state index contributed by atoms with van der Waals surface area (Å²) in [6.45, 7) is 15.7. The molecule has 0 spiro atoms. The normalized spacial score (nSPS) is 14.8. The molecule has 0 unspecified atom stereocenters. The Bertz CT molecular complexity index is 1280. The minimum Gasteiger partial charge on any atom is -0.399 e. The van der Waals surface area contributed by atoms with Crippen molar-refractivity contribution >= 4 is 34.8 Å². The zero-order valence-corrected chi connectivity index (χ0v) is 23.4. The standard InChI is InChI=1S/C26H29N7O2.C2H6.C2H4/c1-17-3-6-19(27)15-23(17)33-10-9-22-21(25(33)35)16-28-26(30-22)29-20-7-4-18(5-8-20)24(34)32-13-11-31(2)12-14-32;2*1-2/h3-8,15-16H,9-14,27H2,1-2H3,(H,28,29,30);1-2H3;1-2H2. The number of hydrogen-bond acceptors (Lipinski definition) is 7. The molecule has 0 saturated carbocycles. The highest BCUT2D eigenvalue weighted by Crippen LogP contribution is 2.28. The third-order valence-corrected chi connectivity index (χ3v) is 6.62. The number of carbonyl (C=O) groups is 2. The first kappa shape index (κ1) is 29.3.